The van der Waals surface area contributed by atoms with Crippen molar-refractivity contribution in [2.24, 2.45) is 0 Å². The number of hydrogen-bond acceptors (Lipinski definition) is 3. The quantitative estimate of drug-likeness (QED) is 0.600. The molecule has 2 heterocycles. The Bertz CT molecular complexity index is 363. The first-order chi connectivity index (χ1) is 9.85. The first-order valence-electron chi connectivity index (χ1n) is 8.21. The first kappa shape index (κ1) is 16.4. The van der Waals surface area contributed by atoms with Crippen LogP contribution in [0.15, 0.2) is 6.07 Å². The van der Waals surface area contributed by atoms with E-state index in [1.807, 2.05) is 0 Å². The zero-order valence-corrected chi connectivity index (χ0v) is 14.7. The van der Waals surface area contributed by atoms with Crippen molar-refractivity contribution in [1.82, 2.24) is 5.32 Å². The minimum atomic E-state index is 0.585. The van der Waals surface area contributed by atoms with Gasteiger partial charge in [0, 0.05) is 21.5 Å². The van der Waals surface area contributed by atoms with E-state index in [4.69, 9.17) is 0 Å². The second-order valence-electron chi connectivity index (χ2n) is 5.80. The van der Waals surface area contributed by atoms with Crippen molar-refractivity contribution in [3.63, 3.8) is 0 Å². The molecule has 0 radical (unpaired) electrons. The van der Waals surface area contributed by atoms with E-state index in [9.17, 15) is 0 Å². The summed E-state index contributed by atoms with van der Waals surface area (Å²) in [4.78, 5) is 3.23. The molecule has 0 aromatic carbocycles. The Morgan fingerprint density at radius 2 is 2.00 bits per heavy atom. The standard InChI is InChI=1S/C17H29NS2/c1-3-4-5-6-7-8-9-15(18-2)17-12-14-13-19-11-10-16(14)20-17/h12,15,18H,3-11,13H2,1-2H3. The molecule has 1 aromatic heterocycles. The molecular weight excluding hydrogens is 282 g/mol. The molecule has 1 N–H and O–H groups in total. The van der Waals surface area contributed by atoms with Gasteiger partial charge < -0.3 is 5.32 Å². The van der Waals surface area contributed by atoms with Gasteiger partial charge in [-0.3, -0.25) is 0 Å². The summed E-state index contributed by atoms with van der Waals surface area (Å²) in [6, 6.07) is 3.06. The van der Waals surface area contributed by atoms with Crippen LogP contribution in [0.4, 0.5) is 0 Å². The van der Waals surface area contributed by atoms with E-state index in [1.165, 1.54) is 62.9 Å². The van der Waals surface area contributed by atoms with Crippen molar-refractivity contribution >= 4 is 23.1 Å². The molecule has 114 valence electrons. The van der Waals surface area contributed by atoms with Gasteiger partial charge in [-0.25, -0.2) is 0 Å². The van der Waals surface area contributed by atoms with Gasteiger partial charge in [0.05, 0.1) is 0 Å². The van der Waals surface area contributed by atoms with Crippen LogP contribution in [0, 0.1) is 0 Å². The molecule has 0 amide bonds. The Hall–Kier alpha value is 0.01000. The topological polar surface area (TPSA) is 12.0 Å². The summed E-state index contributed by atoms with van der Waals surface area (Å²) in [5.41, 5.74) is 1.62. The molecule has 1 nitrogen and oxygen atoms in total. The third-order valence-corrected chi connectivity index (χ3v) is 6.54. The van der Waals surface area contributed by atoms with Crippen LogP contribution < -0.4 is 5.32 Å². The average Bonchev–Trinajstić information content (AvgIpc) is 2.90. The second-order valence-corrected chi connectivity index (χ2v) is 8.07. The maximum absolute atomic E-state index is 3.53. The fraction of sp³-hybridized carbons (Fsp3) is 0.765. The SMILES string of the molecule is CCCCCCCCC(NC)c1cc2c(s1)CCSC2. The third-order valence-electron chi connectivity index (χ3n) is 4.18. The molecule has 0 fully saturated rings. The van der Waals surface area contributed by atoms with Crippen molar-refractivity contribution in [2.45, 2.75) is 70.1 Å². The summed E-state index contributed by atoms with van der Waals surface area (Å²) in [6.45, 7) is 2.29. The Kier molecular flexibility index (Phi) is 7.47. The molecule has 1 aliphatic rings. The first-order valence-corrected chi connectivity index (χ1v) is 10.2. The number of rotatable bonds is 9. The maximum Gasteiger partial charge on any atom is 0.0412 e. The molecule has 2 rings (SSSR count). The lowest BCUT2D eigenvalue weighted by atomic mass is 10.0. The van der Waals surface area contributed by atoms with Crippen LogP contribution >= 0.6 is 23.1 Å². The zero-order valence-electron chi connectivity index (χ0n) is 13.0. The number of nitrogens with one attached hydrogen (secondary N) is 1. The molecule has 1 aliphatic heterocycles. The molecule has 0 saturated heterocycles. The highest BCUT2D eigenvalue weighted by Crippen LogP contribution is 2.35. The van der Waals surface area contributed by atoms with Gasteiger partial charge in [0.2, 0.25) is 0 Å². The molecule has 1 unspecified atom stereocenters. The molecule has 20 heavy (non-hydrogen) atoms. The van der Waals surface area contributed by atoms with Gasteiger partial charge in [-0.15, -0.1) is 11.3 Å². The van der Waals surface area contributed by atoms with Crippen molar-refractivity contribution < 1.29 is 0 Å². The van der Waals surface area contributed by atoms with Crippen LogP contribution in [0.25, 0.3) is 0 Å². The summed E-state index contributed by atoms with van der Waals surface area (Å²) < 4.78 is 0. The van der Waals surface area contributed by atoms with E-state index in [0.717, 1.165) is 0 Å². The van der Waals surface area contributed by atoms with Gasteiger partial charge in [-0.1, -0.05) is 45.4 Å². The van der Waals surface area contributed by atoms with Crippen LogP contribution in [0.3, 0.4) is 0 Å². The molecule has 0 saturated carbocycles. The highest BCUT2D eigenvalue weighted by molar-refractivity contribution is 7.98. The Morgan fingerprint density at radius 1 is 1.20 bits per heavy atom. The predicted molar refractivity (Wildman–Crippen MR) is 94.0 cm³/mol. The van der Waals surface area contributed by atoms with E-state index >= 15 is 0 Å². The Labute approximate surface area is 132 Å². The van der Waals surface area contributed by atoms with Crippen LogP contribution in [-0.2, 0) is 12.2 Å². The van der Waals surface area contributed by atoms with Crippen LogP contribution in [0.2, 0.25) is 0 Å². The average molecular weight is 312 g/mol. The number of thiophene rings is 1. The van der Waals surface area contributed by atoms with Crippen LogP contribution in [0.1, 0.15) is 73.2 Å². The molecule has 1 atom stereocenters. The van der Waals surface area contributed by atoms with Crippen molar-refractivity contribution in [3.05, 3.63) is 21.4 Å². The van der Waals surface area contributed by atoms with Gasteiger partial charge in [0.15, 0.2) is 0 Å². The van der Waals surface area contributed by atoms with E-state index in [1.54, 1.807) is 15.3 Å². The zero-order chi connectivity index (χ0) is 14.2. The van der Waals surface area contributed by atoms with Gasteiger partial charge in [0.1, 0.15) is 0 Å². The van der Waals surface area contributed by atoms with E-state index in [-0.39, 0.29) is 0 Å². The molecule has 3 heteroatoms. The number of fused-ring (bicyclic) bond motifs is 1. The third kappa shape index (κ3) is 4.78. The summed E-state index contributed by atoms with van der Waals surface area (Å²) in [5.74, 6) is 2.55. The largest absolute Gasteiger partial charge is 0.312 e. The van der Waals surface area contributed by atoms with Crippen molar-refractivity contribution in [3.8, 4) is 0 Å². The van der Waals surface area contributed by atoms with Crippen molar-refractivity contribution in [1.29, 1.82) is 0 Å². The molecule has 0 aliphatic carbocycles. The second kappa shape index (κ2) is 9.11. The van der Waals surface area contributed by atoms with Gasteiger partial charge in [-0.05, 0) is 37.3 Å². The smallest absolute Gasteiger partial charge is 0.0412 e. The lowest BCUT2D eigenvalue weighted by molar-refractivity contribution is 0.503. The summed E-state index contributed by atoms with van der Waals surface area (Å²) in [6.07, 6.45) is 11.0. The molecule has 1 aromatic rings. The minimum absolute atomic E-state index is 0.585. The van der Waals surface area contributed by atoms with Crippen molar-refractivity contribution in [2.75, 3.05) is 12.8 Å². The molecule has 0 bridgehead atoms. The fourth-order valence-corrected chi connectivity index (χ4v) is 5.42. The molecule has 0 spiro atoms. The van der Waals surface area contributed by atoms with Gasteiger partial charge >= 0.3 is 0 Å². The summed E-state index contributed by atoms with van der Waals surface area (Å²) >= 11 is 4.15. The number of aryl methyl sites for hydroxylation is 1. The number of thioether (sulfide) groups is 1. The highest BCUT2D eigenvalue weighted by atomic mass is 32.2. The minimum Gasteiger partial charge on any atom is -0.312 e. The van der Waals surface area contributed by atoms with Crippen LogP contribution in [-0.4, -0.2) is 12.8 Å². The predicted octanol–water partition coefficient (Wildman–Crippen LogP) is 5.55. The van der Waals surface area contributed by atoms with E-state index in [0.29, 0.717) is 6.04 Å². The summed E-state index contributed by atoms with van der Waals surface area (Å²) in [5, 5.41) is 3.53. The highest BCUT2D eigenvalue weighted by Gasteiger charge is 2.18. The monoisotopic (exact) mass is 311 g/mol. The Balaban J connectivity index is 1.77. The molecular formula is C17H29NS2. The van der Waals surface area contributed by atoms with Gasteiger partial charge in [-0.2, -0.15) is 11.8 Å². The normalized spacial score (nSPS) is 16.1. The number of hydrogen-bond donors (Lipinski definition) is 1. The maximum atomic E-state index is 3.53. The van der Waals surface area contributed by atoms with Crippen LogP contribution in [0.5, 0.6) is 0 Å². The lowest BCUT2D eigenvalue weighted by Gasteiger charge is -2.14. The van der Waals surface area contributed by atoms with E-state index < -0.39 is 0 Å². The van der Waals surface area contributed by atoms with E-state index in [2.05, 4.69) is 48.5 Å². The lowest BCUT2D eigenvalue weighted by Crippen LogP contribution is -2.14. The Morgan fingerprint density at radius 3 is 2.75 bits per heavy atom. The number of unbranched alkanes of at least 4 members (excludes halogenated alkanes) is 5. The van der Waals surface area contributed by atoms with Gasteiger partial charge in [0.25, 0.3) is 0 Å². The summed E-state index contributed by atoms with van der Waals surface area (Å²) in [7, 11) is 2.12. The fourth-order valence-electron chi connectivity index (χ4n) is 2.90.